The van der Waals surface area contributed by atoms with E-state index in [1.54, 1.807) is 24.4 Å². The van der Waals surface area contributed by atoms with E-state index in [2.05, 4.69) is 4.98 Å². The maximum Gasteiger partial charge on any atom is 0.325 e. The van der Waals surface area contributed by atoms with Crippen molar-refractivity contribution < 1.29 is 14.3 Å². The van der Waals surface area contributed by atoms with E-state index < -0.39 is 12.0 Å². The number of piperidine rings is 1. The first-order chi connectivity index (χ1) is 13.5. The lowest BCUT2D eigenvalue weighted by Crippen LogP contribution is -2.49. The van der Waals surface area contributed by atoms with Gasteiger partial charge in [0.15, 0.2) is 0 Å². The molecule has 2 aromatic heterocycles. The van der Waals surface area contributed by atoms with Crippen molar-refractivity contribution in [1.29, 1.82) is 0 Å². The van der Waals surface area contributed by atoms with Crippen molar-refractivity contribution in [2.45, 2.75) is 24.9 Å². The minimum Gasteiger partial charge on any atom is -0.480 e. The molecule has 0 unspecified atom stereocenters. The molecule has 2 bridgehead atoms. The zero-order valence-electron chi connectivity index (χ0n) is 15.1. The summed E-state index contributed by atoms with van der Waals surface area (Å²) in [5.74, 6) is -0.917. The number of carboxylic acid groups (broad SMARTS) is 1. The van der Waals surface area contributed by atoms with Crippen LogP contribution in [0.2, 0.25) is 0 Å². The highest BCUT2D eigenvalue weighted by Gasteiger charge is 2.40. The van der Waals surface area contributed by atoms with Crippen LogP contribution >= 0.6 is 0 Å². The topological polar surface area (TPSA) is 78.3 Å². The molecule has 0 aliphatic carbocycles. The second-order valence-electron chi connectivity index (χ2n) is 7.83. The number of fused-ring (bicyclic) bond motifs is 5. The van der Waals surface area contributed by atoms with Crippen LogP contribution in [-0.2, 0) is 11.3 Å². The third-order valence-corrected chi connectivity index (χ3v) is 6.08. The Morgan fingerprint density at radius 3 is 2.89 bits per heavy atom. The molecule has 0 radical (unpaired) electrons. The SMILES string of the molecule is O=C(O)[C@H](c1c[nH]c2cc(F)ccc12)N1C[C@@H]2C[C@H](C1)c1cccc(=O)n1C2. The van der Waals surface area contributed by atoms with Gasteiger partial charge in [0.2, 0.25) is 0 Å². The minimum absolute atomic E-state index is 0.00842. The fraction of sp³-hybridized carbons (Fsp3) is 0.333. The molecule has 2 aliphatic rings. The Bertz CT molecular complexity index is 1140. The van der Waals surface area contributed by atoms with Crippen molar-refractivity contribution in [2.75, 3.05) is 13.1 Å². The van der Waals surface area contributed by atoms with E-state index in [1.165, 1.54) is 12.1 Å². The number of pyridine rings is 1. The highest BCUT2D eigenvalue weighted by molar-refractivity contribution is 5.89. The second kappa shape index (κ2) is 6.31. The van der Waals surface area contributed by atoms with Crippen molar-refractivity contribution >= 4 is 16.9 Å². The molecule has 0 spiro atoms. The van der Waals surface area contributed by atoms with Crippen LogP contribution in [0.5, 0.6) is 0 Å². The smallest absolute Gasteiger partial charge is 0.325 e. The average Bonchev–Trinajstić information content (AvgIpc) is 3.05. The molecule has 0 amide bonds. The fourth-order valence-electron chi connectivity index (χ4n) is 4.98. The summed E-state index contributed by atoms with van der Waals surface area (Å²) >= 11 is 0. The summed E-state index contributed by atoms with van der Waals surface area (Å²) in [5, 5.41) is 10.8. The average molecular weight is 381 g/mol. The molecule has 5 rings (SSSR count). The number of aliphatic carboxylic acids is 1. The Kier molecular flexibility index (Phi) is 3.87. The summed E-state index contributed by atoms with van der Waals surface area (Å²) in [4.78, 5) is 29.4. The van der Waals surface area contributed by atoms with E-state index in [0.717, 1.165) is 17.5 Å². The molecule has 7 heteroatoms. The van der Waals surface area contributed by atoms with Crippen LogP contribution in [-0.4, -0.2) is 38.6 Å². The van der Waals surface area contributed by atoms with Crippen molar-refractivity contribution in [3.8, 4) is 0 Å². The van der Waals surface area contributed by atoms with Gasteiger partial charge in [0.05, 0.1) is 0 Å². The fourth-order valence-corrected chi connectivity index (χ4v) is 4.98. The monoisotopic (exact) mass is 381 g/mol. The lowest BCUT2D eigenvalue weighted by molar-refractivity contribution is -0.144. The molecular weight excluding hydrogens is 361 g/mol. The predicted molar refractivity (Wildman–Crippen MR) is 102 cm³/mol. The molecule has 3 atom stereocenters. The lowest BCUT2D eigenvalue weighted by Gasteiger charge is -2.44. The zero-order chi connectivity index (χ0) is 19.4. The number of aromatic amines is 1. The third-order valence-electron chi connectivity index (χ3n) is 6.08. The molecule has 1 fully saturated rings. The van der Waals surface area contributed by atoms with E-state index in [-0.39, 0.29) is 23.2 Å². The van der Waals surface area contributed by atoms with Gasteiger partial charge in [0.25, 0.3) is 5.56 Å². The predicted octanol–water partition coefficient (Wildman–Crippen LogP) is 2.71. The summed E-state index contributed by atoms with van der Waals surface area (Å²) in [5.41, 5.74) is 2.23. The summed E-state index contributed by atoms with van der Waals surface area (Å²) in [7, 11) is 0. The van der Waals surface area contributed by atoms with Crippen molar-refractivity contribution in [1.82, 2.24) is 14.5 Å². The number of hydrogen-bond donors (Lipinski definition) is 2. The maximum atomic E-state index is 13.5. The number of hydrogen-bond acceptors (Lipinski definition) is 3. The maximum absolute atomic E-state index is 13.5. The number of halogens is 1. The first kappa shape index (κ1) is 17.2. The largest absolute Gasteiger partial charge is 0.480 e. The van der Waals surface area contributed by atoms with Crippen LogP contribution < -0.4 is 5.56 Å². The molecule has 1 saturated heterocycles. The van der Waals surface area contributed by atoms with Crippen LogP contribution in [0.1, 0.15) is 29.6 Å². The molecule has 6 nitrogen and oxygen atoms in total. The number of benzene rings is 1. The van der Waals surface area contributed by atoms with Gasteiger partial charge in [-0.25, -0.2) is 4.39 Å². The number of rotatable bonds is 3. The van der Waals surface area contributed by atoms with Gasteiger partial charge in [-0.2, -0.15) is 0 Å². The quantitative estimate of drug-likeness (QED) is 0.731. The van der Waals surface area contributed by atoms with E-state index in [9.17, 15) is 19.1 Å². The lowest BCUT2D eigenvalue weighted by atomic mass is 9.82. The number of nitrogens with zero attached hydrogens (tertiary/aromatic N) is 2. The van der Waals surface area contributed by atoms with Crippen molar-refractivity contribution in [2.24, 2.45) is 5.92 Å². The molecule has 2 N–H and O–H groups in total. The standard InChI is InChI=1S/C21H20FN3O3/c22-14-4-5-15-16(8-23-17(15)7-14)20(21(27)28)24-9-12-6-13(11-24)18-2-1-3-19(26)25(18)10-12/h1-5,7-8,12-13,20,23H,6,9-11H2,(H,27,28)/t12-,13+,20-/m0/s1. The van der Waals surface area contributed by atoms with Crippen LogP contribution in [0, 0.1) is 11.7 Å². The van der Waals surface area contributed by atoms with Gasteiger partial charge in [-0.05, 0) is 36.6 Å². The number of aromatic nitrogens is 2. The molecule has 4 heterocycles. The Morgan fingerprint density at radius 2 is 2.07 bits per heavy atom. The molecule has 2 aliphatic heterocycles. The van der Waals surface area contributed by atoms with Crippen LogP contribution in [0.4, 0.5) is 4.39 Å². The number of carboxylic acids is 1. The molecule has 1 aromatic carbocycles. The normalized spacial score (nSPS) is 22.8. The van der Waals surface area contributed by atoms with Gasteiger partial charge >= 0.3 is 5.97 Å². The number of likely N-dealkylation sites (tertiary alicyclic amines) is 1. The molecule has 3 aromatic rings. The summed E-state index contributed by atoms with van der Waals surface area (Å²) in [6.07, 6.45) is 2.64. The van der Waals surface area contributed by atoms with Crippen molar-refractivity contribution in [3.05, 3.63) is 70.0 Å². The van der Waals surface area contributed by atoms with Crippen LogP contribution in [0.15, 0.2) is 47.4 Å². The van der Waals surface area contributed by atoms with Gasteiger partial charge in [-0.15, -0.1) is 0 Å². The van der Waals surface area contributed by atoms with Gasteiger partial charge in [0, 0.05) is 60.0 Å². The highest BCUT2D eigenvalue weighted by atomic mass is 19.1. The van der Waals surface area contributed by atoms with E-state index in [0.29, 0.717) is 30.7 Å². The van der Waals surface area contributed by atoms with Crippen molar-refractivity contribution in [3.63, 3.8) is 0 Å². The van der Waals surface area contributed by atoms with Gasteiger partial charge < -0.3 is 14.7 Å². The van der Waals surface area contributed by atoms with Gasteiger partial charge in [0.1, 0.15) is 11.9 Å². The number of carbonyl (C=O) groups is 1. The zero-order valence-corrected chi connectivity index (χ0v) is 15.1. The Hall–Kier alpha value is -2.93. The van der Waals surface area contributed by atoms with Crippen LogP contribution in [0.3, 0.4) is 0 Å². The number of nitrogens with one attached hydrogen (secondary N) is 1. The van der Waals surface area contributed by atoms with E-state index in [4.69, 9.17) is 0 Å². The Balaban J connectivity index is 1.54. The molecular formula is C21H20FN3O3. The molecule has 28 heavy (non-hydrogen) atoms. The molecule has 144 valence electrons. The van der Waals surface area contributed by atoms with E-state index >= 15 is 0 Å². The van der Waals surface area contributed by atoms with Crippen LogP contribution in [0.25, 0.3) is 10.9 Å². The molecule has 0 saturated carbocycles. The van der Waals surface area contributed by atoms with Gasteiger partial charge in [-0.1, -0.05) is 6.07 Å². The number of H-pyrrole nitrogens is 1. The van der Waals surface area contributed by atoms with E-state index in [1.807, 2.05) is 15.5 Å². The Labute approximate surface area is 160 Å². The Morgan fingerprint density at radius 1 is 1.21 bits per heavy atom. The second-order valence-corrected chi connectivity index (χ2v) is 7.83. The summed E-state index contributed by atoms with van der Waals surface area (Å²) < 4.78 is 15.3. The summed E-state index contributed by atoms with van der Waals surface area (Å²) in [6, 6.07) is 8.87. The van der Waals surface area contributed by atoms with Gasteiger partial charge in [-0.3, -0.25) is 14.5 Å². The minimum atomic E-state index is -0.921. The third kappa shape index (κ3) is 2.65. The summed E-state index contributed by atoms with van der Waals surface area (Å²) in [6.45, 7) is 1.81. The highest BCUT2D eigenvalue weighted by Crippen LogP contribution is 2.39. The first-order valence-corrected chi connectivity index (χ1v) is 9.44. The first-order valence-electron chi connectivity index (χ1n) is 9.44.